The van der Waals surface area contributed by atoms with Gasteiger partial charge < -0.3 is 28.6 Å². The van der Waals surface area contributed by atoms with E-state index in [1.807, 2.05) is 48.5 Å². The Kier molecular flexibility index (Phi) is 8.86. The van der Waals surface area contributed by atoms with E-state index in [0.717, 1.165) is 62.0 Å². The summed E-state index contributed by atoms with van der Waals surface area (Å²) in [5.74, 6) is 1.16. The molecule has 11 heteroatoms. The Morgan fingerprint density at radius 2 is 1.81 bits per heavy atom. The van der Waals surface area contributed by atoms with Gasteiger partial charge in [0.2, 0.25) is 0 Å². The van der Waals surface area contributed by atoms with Crippen molar-refractivity contribution in [2.45, 2.75) is 63.6 Å². The van der Waals surface area contributed by atoms with Crippen LogP contribution in [0.15, 0.2) is 54.6 Å². The number of hydrogen-bond donors (Lipinski definition) is 2. The molecule has 0 spiro atoms. The third-order valence-electron chi connectivity index (χ3n) is 7.89. The topological polar surface area (TPSA) is 124 Å². The molecule has 0 radical (unpaired) electrons. The first-order chi connectivity index (χ1) is 20.6. The largest absolute Gasteiger partial charge is 0.488 e. The Balaban J connectivity index is 1.03. The summed E-state index contributed by atoms with van der Waals surface area (Å²) >= 11 is 0. The molecule has 2 aliphatic heterocycles. The number of nitrogens with one attached hydrogen (secondary N) is 2. The molecule has 2 amide bonds. The van der Waals surface area contributed by atoms with E-state index >= 15 is 0 Å². The standard InChI is InChI=1S/C31H36N4O7/c36-30(32-27-18-25(33-34-27)22-11-12-24(17-22)42-31(37)35-13-4-5-14-35)41-20-23-9-6-10-26(28(23)29-38-15-16-39-29)40-19-21-7-2-1-3-8-21/h1-3,6-10,18,22,24,29H,4-5,11-17,19-20H2,(H2,32,33,34,36)/t22-,24+/m0/s1. The SMILES string of the molecule is O=C(Nc1cc([C@H]2CC[C@@H](OC(=O)N3CCCC3)C2)[nH]n1)OCc1cccc(OCc2ccccc2)c1C1OCCO1. The highest BCUT2D eigenvalue weighted by atomic mass is 16.7. The Bertz CT molecular complexity index is 1350. The summed E-state index contributed by atoms with van der Waals surface area (Å²) in [5.41, 5.74) is 3.37. The van der Waals surface area contributed by atoms with Crippen LogP contribution in [0, 0.1) is 0 Å². The van der Waals surface area contributed by atoms with E-state index in [1.54, 1.807) is 11.0 Å². The van der Waals surface area contributed by atoms with Crippen molar-refractivity contribution in [2.24, 2.45) is 0 Å². The van der Waals surface area contributed by atoms with E-state index in [1.165, 1.54) is 0 Å². The third kappa shape index (κ3) is 6.85. The number of likely N-dealkylation sites (tertiary alicyclic amines) is 1. The van der Waals surface area contributed by atoms with Gasteiger partial charge in [0.15, 0.2) is 12.1 Å². The van der Waals surface area contributed by atoms with Gasteiger partial charge in [0, 0.05) is 36.3 Å². The molecule has 1 aliphatic carbocycles. The second kappa shape index (κ2) is 13.3. The molecular weight excluding hydrogens is 540 g/mol. The molecule has 6 rings (SSSR count). The predicted octanol–water partition coefficient (Wildman–Crippen LogP) is 5.65. The lowest BCUT2D eigenvalue weighted by Gasteiger charge is -2.19. The highest BCUT2D eigenvalue weighted by molar-refractivity contribution is 5.83. The van der Waals surface area contributed by atoms with Gasteiger partial charge in [-0.3, -0.25) is 10.4 Å². The summed E-state index contributed by atoms with van der Waals surface area (Å²) in [4.78, 5) is 26.8. The number of H-pyrrole nitrogens is 1. The minimum atomic E-state index is -0.633. The van der Waals surface area contributed by atoms with Crippen molar-refractivity contribution in [1.29, 1.82) is 0 Å². The van der Waals surface area contributed by atoms with Gasteiger partial charge in [0.1, 0.15) is 25.1 Å². The average Bonchev–Trinajstić information content (AvgIpc) is 3.84. The number of ether oxygens (including phenoxy) is 5. The highest BCUT2D eigenvalue weighted by Crippen LogP contribution is 2.37. The van der Waals surface area contributed by atoms with Crippen molar-refractivity contribution in [3.8, 4) is 5.75 Å². The van der Waals surface area contributed by atoms with E-state index in [9.17, 15) is 9.59 Å². The van der Waals surface area contributed by atoms with Crippen LogP contribution in [0.5, 0.6) is 5.75 Å². The quantitative estimate of drug-likeness (QED) is 0.335. The van der Waals surface area contributed by atoms with Crippen LogP contribution in [0.2, 0.25) is 0 Å². The van der Waals surface area contributed by atoms with Gasteiger partial charge in [0.25, 0.3) is 0 Å². The molecule has 3 heterocycles. The van der Waals surface area contributed by atoms with Gasteiger partial charge in [-0.1, -0.05) is 42.5 Å². The number of amides is 2. The molecule has 3 aromatic rings. The zero-order chi connectivity index (χ0) is 28.7. The molecule has 2 aromatic carbocycles. The fraction of sp³-hybridized carbons (Fsp3) is 0.452. The third-order valence-corrected chi connectivity index (χ3v) is 7.89. The summed E-state index contributed by atoms with van der Waals surface area (Å²) in [5, 5.41) is 9.95. The van der Waals surface area contributed by atoms with Crippen LogP contribution in [0.25, 0.3) is 0 Å². The van der Waals surface area contributed by atoms with Crippen molar-refractivity contribution in [3.63, 3.8) is 0 Å². The molecule has 3 fully saturated rings. The zero-order valence-electron chi connectivity index (χ0n) is 23.5. The zero-order valence-corrected chi connectivity index (χ0v) is 23.5. The van der Waals surface area contributed by atoms with E-state index in [0.29, 0.717) is 37.0 Å². The van der Waals surface area contributed by atoms with Crippen molar-refractivity contribution in [2.75, 3.05) is 31.6 Å². The molecule has 1 saturated carbocycles. The Labute approximate surface area is 244 Å². The number of hydrogen-bond acceptors (Lipinski definition) is 8. The van der Waals surface area contributed by atoms with E-state index in [4.69, 9.17) is 23.7 Å². The van der Waals surface area contributed by atoms with E-state index in [2.05, 4.69) is 15.5 Å². The lowest BCUT2D eigenvalue weighted by atomic mass is 10.0. The minimum absolute atomic E-state index is 0.00308. The van der Waals surface area contributed by atoms with Gasteiger partial charge in [-0.15, -0.1) is 0 Å². The van der Waals surface area contributed by atoms with Crippen LogP contribution >= 0.6 is 0 Å². The highest BCUT2D eigenvalue weighted by Gasteiger charge is 2.32. The maximum absolute atomic E-state index is 12.7. The summed E-state index contributed by atoms with van der Waals surface area (Å²) in [6.45, 7) is 2.88. The van der Waals surface area contributed by atoms with E-state index in [-0.39, 0.29) is 24.7 Å². The first-order valence-corrected chi connectivity index (χ1v) is 14.6. The molecule has 0 bridgehead atoms. The molecule has 11 nitrogen and oxygen atoms in total. The second-order valence-electron chi connectivity index (χ2n) is 10.8. The molecule has 2 atom stereocenters. The molecule has 2 N–H and O–H groups in total. The summed E-state index contributed by atoms with van der Waals surface area (Å²) in [7, 11) is 0. The fourth-order valence-corrected chi connectivity index (χ4v) is 5.71. The molecule has 3 aliphatic rings. The van der Waals surface area contributed by atoms with Crippen LogP contribution in [0.3, 0.4) is 0 Å². The fourth-order valence-electron chi connectivity index (χ4n) is 5.71. The Morgan fingerprint density at radius 1 is 1.00 bits per heavy atom. The number of aromatic nitrogens is 2. The summed E-state index contributed by atoms with van der Waals surface area (Å²) in [6, 6.07) is 17.3. The van der Waals surface area contributed by atoms with Crippen LogP contribution in [0.4, 0.5) is 15.4 Å². The van der Waals surface area contributed by atoms with Gasteiger partial charge >= 0.3 is 12.2 Å². The monoisotopic (exact) mass is 576 g/mol. The van der Waals surface area contributed by atoms with Gasteiger partial charge in [-0.2, -0.15) is 5.10 Å². The average molecular weight is 577 g/mol. The Hall–Kier alpha value is -4.09. The van der Waals surface area contributed by atoms with Crippen molar-refractivity contribution in [1.82, 2.24) is 15.1 Å². The van der Waals surface area contributed by atoms with Crippen LogP contribution < -0.4 is 10.1 Å². The van der Waals surface area contributed by atoms with Gasteiger partial charge in [-0.05, 0) is 43.7 Å². The predicted molar refractivity (Wildman–Crippen MR) is 152 cm³/mol. The first-order valence-electron chi connectivity index (χ1n) is 14.6. The van der Waals surface area contributed by atoms with Crippen LogP contribution in [0.1, 0.15) is 66.7 Å². The van der Waals surface area contributed by atoms with Gasteiger partial charge in [0.05, 0.1) is 18.8 Å². The van der Waals surface area contributed by atoms with Crippen molar-refractivity contribution < 1.29 is 33.3 Å². The first kappa shape index (κ1) is 28.0. The molecular formula is C31H36N4O7. The molecule has 2 saturated heterocycles. The lowest BCUT2D eigenvalue weighted by molar-refractivity contribution is -0.0471. The second-order valence-corrected chi connectivity index (χ2v) is 10.8. The summed E-state index contributed by atoms with van der Waals surface area (Å²) in [6.07, 6.45) is 2.92. The number of carbonyl (C=O) groups is 2. The van der Waals surface area contributed by atoms with Crippen LogP contribution in [-0.2, 0) is 32.2 Å². The summed E-state index contributed by atoms with van der Waals surface area (Å²) < 4.78 is 29.0. The normalized spacial score (nSPS) is 20.5. The molecule has 0 unspecified atom stereocenters. The van der Waals surface area contributed by atoms with Crippen LogP contribution in [-0.4, -0.2) is 59.7 Å². The minimum Gasteiger partial charge on any atom is -0.488 e. The van der Waals surface area contributed by atoms with Gasteiger partial charge in [-0.25, -0.2) is 9.59 Å². The van der Waals surface area contributed by atoms with Crippen molar-refractivity contribution >= 4 is 18.0 Å². The number of nitrogens with zero attached hydrogens (tertiary/aromatic N) is 2. The molecule has 222 valence electrons. The smallest absolute Gasteiger partial charge is 0.413 e. The number of aromatic amines is 1. The number of carbonyl (C=O) groups excluding carboxylic acids is 2. The number of benzene rings is 2. The number of rotatable bonds is 9. The van der Waals surface area contributed by atoms with Crippen molar-refractivity contribution in [3.05, 3.63) is 77.0 Å². The molecule has 42 heavy (non-hydrogen) atoms. The number of anilines is 1. The lowest BCUT2D eigenvalue weighted by Crippen LogP contribution is -2.31. The maximum atomic E-state index is 12.7. The molecule has 1 aromatic heterocycles. The Morgan fingerprint density at radius 3 is 2.62 bits per heavy atom. The maximum Gasteiger partial charge on any atom is 0.413 e. The van der Waals surface area contributed by atoms with E-state index < -0.39 is 12.4 Å².